The zero-order chi connectivity index (χ0) is 15.3. The summed E-state index contributed by atoms with van der Waals surface area (Å²) in [4.78, 5) is 20.3. The first-order valence-corrected chi connectivity index (χ1v) is 12.0. The minimum atomic E-state index is -0.890. The number of carbonyl (C=O) groups is 2. The minimum absolute atomic E-state index is 0. The Kier molecular flexibility index (Phi) is 22.3. The zero-order valence-corrected chi connectivity index (χ0v) is 15.1. The molecule has 20 heavy (non-hydrogen) atoms. The molecule has 2 unspecified atom stereocenters. The molecular formula is C11H25LiN2O4Se2. The van der Waals surface area contributed by atoms with Crippen molar-refractivity contribution in [2.75, 3.05) is 6.61 Å². The van der Waals surface area contributed by atoms with E-state index < -0.39 is 12.0 Å². The van der Waals surface area contributed by atoms with E-state index in [0.29, 0.717) is 34.4 Å². The van der Waals surface area contributed by atoms with Gasteiger partial charge in [0.05, 0.1) is 6.61 Å². The molecule has 1 fully saturated rings. The van der Waals surface area contributed by atoms with Crippen molar-refractivity contribution >= 4 is 55.4 Å². The fourth-order valence-electron chi connectivity index (χ4n) is 0.880. The van der Waals surface area contributed by atoms with Crippen molar-refractivity contribution in [1.82, 2.24) is 0 Å². The molecule has 0 aromatic rings. The van der Waals surface area contributed by atoms with Gasteiger partial charge in [0.25, 0.3) is 0 Å². The Labute approximate surface area is 141 Å². The molecule has 1 saturated heterocycles. The second-order valence-electron chi connectivity index (χ2n) is 3.70. The Morgan fingerprint density at radius 3 is 2.30 bits per heavy atom. The molecule has 9 heteroatoms. The summed E-state index contributed by atoms with van der Waals surface area (Å²) in [6.07, 6.45) is 1.30. The molecule has 0 amide bonds. The molecule has 6 nitrogen and oxygen atoms in total. The summed E-state index contributed by atoms with van der Waals surface area (Å²) in [7, 11) is 0. The number of esters is 1. The van der Waals surface area contributed by atoms with E-state index in [0.717, 1.165) is 18.1 Å². The summed E-state index contributed by atoms with van der Waals surface area (Å²) in [6, 6.07) is -0.994. The van der Waals surface area contributed by atoms with Gasteiger partial charge in [-0.2, -0.15) is 0 Å². The molecule has 0 radical (unpaired) electrons. The number of rotatable bonds is 4. The summed E-state index contributed by atoms with van der Waals surface area (Å²) in [5, 5.41) is 9.25. The summed E-state index contributed by atoms with van der Waals surface area (Å²) in [6.45, 7) is 0.500. The number of carbonyl (C=O) groups excluding carboxylic acids is 1. The van der Waals surface area contributed by atoms with E-state index in [1.165, 1.54) is 0 Å². The van der Waals surface area contributed by atoms with Crippen molar-refractivity contribution in [3.8, 4) is 0 Å². The van der Waals surface area contributed by atoms with Crippen LogP contribution in [0.5, 0.6) is 0 Å². The van der Waals surface area contributed by atoms with E-state index in [-0.39, 0.29) is 19.4 Å². The van der Waals surface area contributed by atoms with Gasteiger partial charge in [-0.1, -0.05) is 7.43 Å². The average Bonchev–Trinajstić information content (AvgIpc) is 2.72. The second kappa shape index (κ2) is 17.5. The van der Waals surface area contributed by atoms with Gasteiger partial charge in [-0.05, 0) is 0 Å². The van der Waals surface area contributed by atoms with E-state index in [1.54, 1.807) is 0 Å². The Balaban J connectivity index is -0.000000235. The number of hydrogen-bond acceptors (Lipinski definition) is 5. The van der Waals surface area contributed by atoms with Crippen LogP contribution in [0.3, 0.4) is 0 Å². The standard InChI is InChI=1S/C5H11NO2Se.C4H7NO2.CH4Se.CH4.Li/c1-9-3-2-4(6)5(7)8;5-3-1-2-7-4(3)6;1-2;;/h4H,2-3,6H2,1H3,(H,7,8);3H,1-2,5H2;2H,1H3;1H4;/q;;;;+1/p-1. The van der Waals surface area contributed by atoms with Crippen LogP contribution in [0, 0.1) is 0 Å². The Bertz CT molecular complexity index is 261. The molecule has 1 aliphatic heterocycles. The number of carboxylic acid groups (broad SMARTS) is 1. The fraction of sp³-hybridized carbons (Fsp3) is 0.818. The molecular weight excluding hydrogens is 389 g/mol. The van der Waals surface area contributed by atoms with Crippen molar-refractivity contribution in [3.05, 3.63) is 0 Å². The maximum absolute atomic E-state index is 10.2. The first-order chi connectivity index (χ1) is 8.90. The van der Waals surface area contributed by atoms with Gasteiger partial charge in [0.2, 0.25) is 0 Å². The zero-order valence-electron chi connectivity index (χ0n) is 11.6. The fourth-order valence-corrected chi connectivity index (χ4v) is 1.91. The number of carboxylic acids is 1. The van der Waals surface area contributed by atoms with Gasteiger partial charge in [-0.15, -0.1) is 0 Å². The molecule has 5 N–H and O–H groups in total. The van der Waals surface area contributed by atoms with Crippen LogP contribution >= 0.6 is 0 Å². The van der Waals surface area contributed by atoms with Crippen LogP contribution in [0.2, 0.25) is 17.0 Å². The van der Waals surface area contributed by atoms with Crippen LogP contribution in [0.25, 0.3) is 0 Å². The van der Waals surface area contributed by atoms with Crippen molar-refractivity contribution in [3.63, 3.8) is 0 Å². The van der Waals surface area contributed by atoms with Crippen LogP contribution in [-0.2, 0) is 14.3 Å². The molecule has 0 aromatic carbocycles. The first-order valence-electron chi connectivity index (χ1n) is 5.70. The van der Waals surface area contributed by atoms with Crippen LogP contribution in [0.1, 0.15) is 20.3 Å². The molecule has 1 heterocycles. The Morgan fingerprint density at radius 1 is 1.60 bits per heavy atom. The van der Waals surface area contributed by atoms with Gasteiger partial charge in [0.1, 0.15) is 6.04 Å². The number of nitrogens with two attached hydrogens (primary N) is 2. The van der Waals surface area contributed by atoms with Gasteiger partial charge in [-0.25, -0.2) is 0 Å². The van der Waals surface area contributed by atoms with Crippen LogP contribution in [0.15, 0.2) is 0 Å². The van der Waals surface area contributed by atoms with E-state index in [4.69, 9.17) is 16.6 Å². The third kappa shape index (κ3) is 16.6. The molecule has 0 aliphatic carbocycles. The van der Waals surface area contributed by atoms with E-state index in [1.807, 2.05) is 0 Å². The molecule has 0 bridgehead atoms. The van der Waals surface area contributed by atoms with Crippen LogP contribution in [-0.4, -0.2) is 79.2 Å². The second-order valence-corrected chi connectivity index (χ2v) is 7.48. The third-order valence-electron chi connectivity index (χ3n) is 1.93. The van der Waals surface area contributed by atoms with E-state index >= 15 is 0 Å². The van der Waals surface area contributed by atoms with Gasteiger partial charge >= 0.3 is 101 Å². The number of ether oxygens (including phenoxy) is 1. The van der Waals surface area contributed by atoms with Gasteiger partial charge < -0.3 is 10.5 Å². The van der Waals surface area contributed by atoms with Gasteiger partial charge in [-0.3, -0.25) is 4.79 Å². The molecule has 0 saturated carbocycles. The van der Waals surface area contributed by atoms with Crippen molar-refractivity contribution in [2.45, 2.75) is 49.3 Å². The normalized spacial score (nSPS) is 17.5. The van der Waals surface area contributed by atoms with Crippen molar-refractivity contribution in [2.24, 2.45) is 11.5 Å². The molecule has 116 valence electrons. The van der Waals surface area contributed by atoms with Crippen LogP contribution in [0.4, 0.5) is 0 Å². The molecule has 1 aliphatic rings. The Morgan fingerprint density at radius 2 is 2.10 bits per heavy atom. The van der Waals surface area contributed by atoms with Crippen LogP contribution < -0.4 is 11.5 Å². The summed E-state index contributed by atoms with van der Waals surface area (Å²) in [5.74, 6) is 3.11. The molecule has 2 atom stereocenters. The van der Waals surface area contributed by atoms with Gasteiger partial charge in [0.15, 0.2) is 0 Å². The molecule has 1 rings (SSSR count). The monoisotopic (exact) mass is 416 g/mol. The molecule has 0 spiro atoms. The Hall–Kier alpha value is 0.496. The topological polar surface area (TPSA) is 116 Å². The third-order valence-corrected chi connectivity index (χ3v) is 3.28. The summed E-state index contributed by atoms with van der Waals surface area (Å²) >= 11 is 3.61. The first kappa shape index (κ1) is 25.5. The summed E-state index contributed by atoms with van der Waals surface area (Å²) < 4.78 is 4.50. The summed E-state index contributed by atoms with van der Waals surface area (Å²) in [5.41, 5.74) is 10.4. The predicted molar refractivity (Wildman–Crippen MR) is 84.3 cm³/mol. The van der Waals surface area contributed by atoms with Gasteiger partial charge in [0, 0.05) is 6.42 Å². The van der Waals surface area contributed by atoms with E-state index in [9.17, 15) is 9.59 Å². The quantitative estimate of drug-likeness (QED) is 0.429. The SMILES string of the molecule is C.C[Se]CCC(N)C(=O)O.NC1CCOC1=O.[Li][Se]C. The van der Waals surface area contributed by atoms with E-state index in [2.05, 4.69) is 32.2 Å². The van der Waals surface area contributed by atoms with Crippen molar-refractivity contribution in [1.29, 1.82) is 0 Å². The average molecular weight is 414 g/mol. The number of cyclic esters (lactones) is 1. The number of hydrogen-bond donors (Lipinski definition) is 3. The van der Waals surface area contributed by atoms with Crippen molar-refractivity contribution < 1.29 is 19.4 Å². The maximum atomic E-state index is 10.2. The predicted octanol–water partition coefficient (Wildman–Crippen LogP) is -0.322. The number of aliphatic carboxylic acids is 1. The molecule has 0 aromatic heterocycles.